The summed E-state index contributed by atoms with van der Waals surface area (Å²) >= 11 is 0.892. The van der Waals surface area contributed by atoms with Gasteiger partial charge in [0.05, 0.1) is 23.2 Å². The molecule has 2 aromatic rings. The molecule has 0 bridgehead atoms. The van der Waals surface area contributed by atoms with Crippen molar-refractivity contribution < 1.29 is 21.6 Å². The minimum absolute atomic E-state index is 0.0447. The number of hydrogen-bond donors (Lipinski definition) is 2. The molecule has 1 aliphatic heterocycles. The summed E-state index contributed by atoms with van der Waals surface area (Å²) < 4.78 is 55.3. The van der Waals surface area contributed by atoms with Gasteiger partial charge in [0.1, 0.15) is 15.9 Å². The predicted molar refractivity (Wildman–Crippen MR) is 87.3 cm³/mol. The molecule has 1 saturated heterocycles. The van der Waals surface area contributed by atoms with Crippen molar-refractivity contribution in [3.63, 3.8) is 0 Å². The van der Waals surface area contributed by atoms with E-state index in [0.717, 1.165) is 11.7 Å². The highest BCUT2D eigenvalue weighted by atomic mass is 32.2. The molecule has 1 atom stereocenters. The molecular formula is C12H14N4O5S3. The Labute approximate surface area is 142 Å². The molecule has 1 aromatic heterocycles. The third kappa shape index (κ3) is 3.71. The van der Waals surface area contributed by atoms with Crippen LogP contribution in [-0.2, 0) is 24.7 Å². The topological polar surface area (TPSA) is 135 Å². The van der Waals surface area contributed by atoms with Crippen LogP contribution < -0.4 is 10.3 Å². The number of sulfonamides is 1. The van der Waals surface area contributed by atoms with Gasteiger partial charge < -0.3 is 0 Å². The number of carbonyl (C=O) groups is 1. The van der Waals surface area contributed by atoms with Crippen molar-refractivity contribution >= 4 is 48.5 Å². The molecule has 0 unspecified atom stereocenters. The number of amides is 1. The molecule has 24 heavy (non-hydrogen) atoms. The first-order chi connectivity index (χ1) is 11.3. The van der Waals surface area contributed by atoms with Crippen LogP contribution in [0.3, 0.4) is 0 Å². The Morgan fingerprint density at radius 1 is 1.33 bits per heavy atom. The second kappa shape index (κ2) is 6.35. The Morgan fingerprint density at radius 2 is 2.12 bits per heavy atom. The first-order valence-corrected chi connectivity index (χ1v) is 11.0. The lowest BCUT2D eigenvalue weighted by molar-refractivity contribution is -0.122. The Hall–Kier alpha value is -1.63. The van der Waals surface area contributed by atoms with Gasteiger partial charge in [-0.2, -0.15) is 8.75 Å². The van der Waals surface area contributed by atoms with Crippen LogP contribution >= 0.6 is 11.7 Å². The van der Waals surface area contributed by atoms with E-state index in [9.17, 15) is 21.6 Å². The van der Waals surface area contributed by atoms with Gasteiger partial charge in [-0.3, -0.25) is 10.2 Å². The highest BCUT2D eigenvalue weighted by molar-refractivity contribution is 7.91. The quantitative estimate of drug-likeness (QED) is 0.676. The number of hydrazine groups is 1. The molecule has 0 aliphatic carbocycles. The first-order valence-electron chi connectivity index (χ1n) is 6.99. The monoisotopic (exact) mass is 390 g/mol. The Kier molecular flexibility index (Phi) is 4.55. The number of benzene rings is 1. The van der Waals surface area contributed by atoms with Crippen LogP contribution in [0.2, 0.25) is 0 Å². The van der Waals surface area contributed by atoms with E-state index in [0.29, 0.717) is 11.9 Å². The number of nitrogens with zero attached hydrogens (tertiary/aromatic N) is 2. The molecule has 1 fully saturated rings. The van der Waals surface area contributed by atoms with E-state index in [1.807, 2.05) is 4.83 Å². The van der Waals surface area contributed by atoms with E-state index in [1.165, 1.54) is 12.1 Å². The van der Waals surface area contributed by atoms with Crippen molar-refractivity contribution in [2.45, 2.75) is 17.7 Å². The lowest BCUT2D eigenvalue weighted by Gasteiger charge is -2.10. The Morgan fingerprint density at radius 3 is 2.83 bits per heavy atom. The Bertz CT molecular complexity index is 983. The largest absolute Gasteiger partial charge is 0.278 e. The fourth-order valence-corrected chi connectivity index (χ4v) is 6.01. The maximum atomic E-state index is 12.3. The summed E-state index contributed by atoms with van der Waals surface area (Å²) in [5.41, 5.74) is 2.79. The number of sulfone groups is 1. The smallest absolute Gasteiger partial charge is 0.259 e. The summed E-state index contributed by atoms with van der Waals surface area (Å²) in [7, 11) is -7.08. The molecule has 2 N–H and O–H groups in total. The molecule has 1 aliphatic rings. The van der Waals surface area contributed by atoms with Gasteiger partial charge in [-0.05, 0) is 24.5 Å². The van der Waals surface area contributed by atoms with Crippen LogP contribution in [-0.4, -0.2) is 43.0 Å². The summed E-state index contributed by atoms with van der Waals surface area (Å²) in [4.78, 5) is 13.8. The predicted octanol–water partition coefficient (Wildman–Crippen LogP) is -0.174. The van der Waals surface area contributed by atoms with Crippen LogP contribution in [0.1, 0.15) is 12.8 Å². The molecule has 130 valence electrons. The number of aromatic nitrogens is 2. The van der Waals surface area contributed by atoms with Crippen molar-refractivity contribution in [3.8, 4) is 0 Å². The SMILES string of the molecule is O=C(C[C@@H]1CCS(=O)(=O)C1)NNS(=O)(=O)c1cccc2nsnc12. The summed E-state index contributed by atoms with van der Waals surface area (Å²) in [6, 6.07) is 4.53. The molecule has 0 radical (unpaired) electrons. The first kappa shape index (κ1) is 17.2. The average molecular weight is 390 g/mol. The molecule has 0 spiro atoms. The number of carbonyl (C=O) groups excluding carboxylic acids is 1. The number of rotatable bonds is 5. The molecule has 1 aromatic carbocycles. The zero-order valence-electron chi connectivity index (χ0n) is 12.3. The second-order valence-corrected chi connectivity index (χ2v) is 9.92. The van der Waals surface area contributed by atoms with E-state index in [-0.39, 0.29) is 34.3 Å². The van der Waals surface area contributed by atoms with E-state index in [2.05, 4.69) is 14.2 Å². The number of nitrogens with one attached hydrogen (secondary N) is 2. The minimum Gasteiger partial charge on any atom is -0.278 e. The van der Waals surface area contributed by atoms with Gasteiger partial charge in [0.25, 0.3) is 10.0 Å². The summed E-state index contributed by atoms with van der Waals surface area (Å²) in [5, 5.41) is 0. The van der Waals surface area contributed by atoms with Gasteiger partial charge in [-0.25, -0.2) is 16.8 Å². The fourth-order valence-electron chi connectivity index (χ4n) is 2.52. The van der Waals surface area contributed by atoms with Crippen LogP contribution in [0.15, 0.2) is 23.1 Å². The molecule has 9 nitrogen and oxygen atoms in total. The minimum atomic E-state index is -4.00. The third-order valence-corrected chi connectivity index (χ3v) is 7.32. The third-order valence-electron chi connectivity index (χ3n) is 3.66. The van der Waals surface area contributed by atoms with Crippen LogP contribution in [0.5, 0.6) is 0 Å². The maximum absolute atomic E-state index is 12.3. The highest BCUT2D eigenvalue weighted by Gasteiger charge is 2.29. The van der Waals surface area contributed by atoms with Crippen molar-refractivity contribution in [1.82, 2.24) is 19.0 Å². The van der Waals surface area contributed by atoms with Crippen molar-refractivity contribution in [2.24, 2.45) is 5.92 Å². The van der Waals surface area contributed by atoms with E-state index in [4.69, 9.17) is 0 Å². The van der Waals surface area contributed by atoms with Crippen molar-refractivity contribution in [2.75, 3.05) is 11.5 Å². The molecule has 3 rings (SSSR count). The van der Waals surface area contributed by atoms with Crippen LogP contribution in [0.4, 0.5) is 0 Å². The Balaban J connectivity index is 1.65. The maximum Gasteiger partial charge on any atom is 0.259 e. The zero-order chi connectivity index (χ0) is 17.4. The molecule has 2 heterocycles. The number of hydrogen-bond acceptors (Lipinski definition) is 8. The van der Waals surface area contributed by atoms with Crippen LogP contribution in [0.25, 0.3) is 11.0 Å². The summed E-state index contributed by atoms with van der Waals surface area (Å²) in [6.45, 7) is 0. The molecule has 0 saturated carbocycles. The van der Waals surface area contributed by atoms with Gasteiger partial charge in [0.2, 0.25) is 5.91 Å². The van der Waals surface area contributed by atoms with E-state index >= 15 is 0 Å². The molecule has 12 heteroatoms. The lowest BCUT2D eigenvalue weighted by Crippen LogP contribution is -2.42. The number of fused-ring (bicyclic) bond motifs is 1. The summed E-state index contributed by atoms with van der Waals surface area (Å²) in [6.07, 6.45) is 0.358. The van der Waals surface area contributed by atoms with E-state index < -0.39 is 25.8 Å². The van der Waals surface area contributed by atoms with Crippen molar-refractivity contribution in [3.05, 3.63) is 18.2 Å². The average Bonchev–Trinajstić information content (AvgIpc) is 3.11. The standard InChI is InChI=1S/C12H14N4O5S3/c17-11(6-8-4-5-23(18,19)7-8)13-16-24(20,21)10-3-1-2-9-12(10)15-22-14-9/h1-3,8,16H,4-7H2,(H,13,17)/t8-/m0/s1. The normalized spacial score (nSPS) is 20.2. The van der Waals surface area contributed by atoms with Gasteiger partial charge in [-0.15, -0.1) is 4.83 Å². The summed E-state index contributed by atoms with van der Waals surface area (Å²) in [5.74, 6) is -0.846. The van der Waals surface area contributed by atoms with E-state index in [1.54, 1.807) is 6.07 Å². The van der Waals surface area contributed by atoms with Gasteiger partial charge in [0, 0.05) is 6.42 Å². The highest BCUT2D eigenvalue weighted by Crippen LogP contribution is 2.22. The van der Waals surface area contributed by atoms with Gasteiger partial charge >= 0.3 is 0 Å². The fraction of sp³-hybridized carbons (Fsp3) is 0.417. The second-order valence-electron chi connectivity index (χ2n) is 5.51. The molecular weight excluding hydrogens is 376 g/mol. The van der Waals surface area contributed by atoms with Crippen LogP contribution in [0, 0.1) is 5.92 Å². The zero-order valence-corrected chi connectivity index (χ0v) is 14.7. The van der Waals surface area contributed by atoms with Gasteiger partial charge in [-0.1, -0.05) is 6.07 Å². The van der Waals surface area contributed by atoms with Crippen molar-refractivity contribution in [1.29, 1.82) is 0 Å². The van der Waals surface area contributed by atoms with Gasteiger partial charge in [0.15, 0.2) is 9.84 Å². The lowest BCUT2D eigenvalue weighted by atomic mass is 10.1. The molecule has 1 amide bonds.